The quantitative estimate of drug-likeness (QED) is 0.0222. The van der Waals surface area contributed by atoms with E-state index in [0.29, 0.717) is 25.7 Å². The molecule has 3 N–H and O–H groups in total. The summed E-state index contributed by atoms with van der Waals surface area (Å²) in [4.78, 5) is 73.2. The summed E-state index contributed by atoms with van der Waals surface area (Å²) in [5, 5.41) is 10.7. The molecular formula is C84H164O17P2. The molecule has 0 saturated carbocycles. The summed E-state index contributed by atoms with van der Waals surface area (Å²) in [6.45, 7) is 12.0. The molecule has 0 aromatic carbocycles. The van der Waals surface area contributed by atoms with Gasteiger partial charge in [-0.15, -0.1) is 0 Å². The summed E-state index contributed by atoms with van der Waals surface area (Å²) in [5.74, 6) is 0.245. The van der Waals surface area contributed by atoms with E-state index in [0.717, 1.165) is 108 Å². The predicted octanol–water partition coefficient (Wildman–Crippen LogP) is 25.3. The van der Waals surface area contributed by atoms with Gasteiger partial charge in [0.25, 0.3) is 0 Å². The van der Waals surface area contributed by atoms with E-state index in [1.807, 2.05) is 0 Å². The molecule has 0 aliphatic carbocycles. The van der Waals surface area contributed by atoms with E-state index < -0.39 is 97.5 Å². The highest BCUT2D eigenvalue weighted by atomic mass is 31.2. The number of esters is 4. The zero-order valence-corrected chi connectivity index (χ0v) is 69.6. The van der Waals surface area contributed by atoms with E-state index >= 15 is 0 Å². The summed E-state index contributed by atoms with van der Waals surface area (Å²) < 4.78 is 68.9. The number of ether oxygens (including phenoxy) is 4. The normalized spacial score (nSPS) is 14.2. The van der Waals surface area contributed by atoms with Crippen LogP contribution in [0.4, 0.5) is 0 Å². The van der Waals surface area contributed by atoms with Crippen LogP contribution in [0.15, 0.2) is 0 Å². The van der Waals surface area contributed by atoms with E-state index in [2.05, 4.69) is 48.5 Å². The lowest BCUT2D eigenvalue weighted by atomic mass is 9.99. The van der Waals surface area contributed by atoms with Gasteiger partial charge in [0, 0.05) is 25.7 Å². The first-order chi connectivity index (χ1) is 49.8. The Morgan fingerprint density at radius 3 is 0.738 bits per heavy atom. The number of hydrogen-bond acceptors (Lipinski definition) is 15. The lowest BCUT2D eigenvalue weighted by molar-refractivity contribution is -0.161. The van der Waals surface area contributed by atoms with Gasteiger partial charge in [0.05, 0.1) is 26.4 Å². The van der Waals surface area contributed by atoms with E-state index in [9.17, 15) is 43.2 Å². The van der Waals surface area contributed by atoms with Crippen LogP contribution < -0.4 is 0 Å². The van der Waals surface area contributed by atoms with Crippen molar-refractivity contribution in [3.05, 3.63) is 0 Å². The Labute approximate surface area is 632 Å². The number of carbonyl (C=O) groups excluding carboxylic acids is 4. The standard InChI is InChI=1S/C84H164O17P2/c1-8-10-11-12-13-14-15-16-17-18-19-23-26-31-36-44-51-58-65-81(86)94-71-79(100-83(88)67-60-53-46-37-32-27-24-21-20-22-25-29-34-41-48-55-62-75(3)4)73-98-102(90,91)96-69-78(85)70-97-103(92,93)99-74-80(72-95-82(87)66-59-52-45-40-39-43-50-57-64-77(7)9-2)101-84(89)68-61-54-47-38-33-28-30-35-42-49-56-63-76(5)6/h75-80,85H,8-74H2,1-7H3,(H,90,91)(H,92,93)/t77?,78-,79-,80-/m1/s1. The van der Waals surface area contributed by atoms with Gasteiger partial charge in [-0.25, -0.2) is 9.13 Å². The Morgan fingerprint density at radius 2 is 0.495 bits per heavy atom. The third-order valence-corrected chi connectivity index (χ3v) is 21.9. The molecule has 0 aliphatic rings. The lowest BCUT2D eigenvalue weighted by Gasteiger charge is -2.21. The molecule has 0 aliphatic heterocycles. The van der Waals surface area contributed by atoms with Gasteiger partial charge in [-0.1, -0.05) is 389 Å². The van der Waals surface area contributed by atoms with Crippen molar-refractivity contribution in [1.29, 1.82) is 0 Å². The number of hydrogen-bond donors (Lipinski definition) is 3. The van der Waals surface area contributed by atoms with Crippen molar-refractivity contribution in [3.8, 4) is 0 Å². The molecule has 0 bridgehead atoms. The minimum atomic E-state index is -4.97. The first-order valence-electron chi connectivity index (χ1n) is 43.4. The third-order valence-electron chi connectivity index (χ3n) is 20.0. The molecule has 0 heterocycles. The van der Waals surface area contributed by atoms with Gasteiger partial charge in [0.15, 0.2) is 12.2 Å². The van der Waals surface area contributed by atoms with Crippen molar-refractivity contribution in [3.63, 3.8) is 0 Å². The molecule has 3 unspecified atom stereocenters. The zero-order chi connectivity index (χ0) is 75.8. The summed E-state index contributed by atoms with van der Waals surface area (Å²) >= 11 is 0. The van der Waals surface area contributed by atoms with Crippen LogP contribution in [0.3, 0.4) is 0 Å². The van der Waals surface area contributed by atoms with E-state index in [1.165, 1.54) is 250 Å². The molecule has 0 fully saturated rings. The first kappa shape index (κ1) is 101. The van der Waals surface area contributed by atoms with Crippen LogP contribution in [-0.2, 0) is 65.4 Å². The average Bonchev–Trinajstić information content (AvgIpc) is 0.912. The zero-order valence-electron chi connectivity index (χ0n) is 67.8. The Bertz CT molecular complexity index is 1990. The number of carbonyl (C=O) groups is 4. The second-order valence-corrected chi connectivity index (χ2v) is 34.3. The fourth-order valence-corrected chi connectivity index (χ4v) is 14.6. The van der Waals surface area contributed by atoms with Crippen LogP contribution in [0.5, 0.6) is 0 Å². The topological polar surface area (TPSA) is 237 Å². The smallest absolute Gasteiger partial charge is 0.462 e. The third kappa shape index (κ3) is 76.6. The summed E-state index contributed by atoms with van der Waals surface area (Å²) in [7, 11) is -9.93. The summed E-state index contributed by atoms with van der Waals surface area (Å²) in [6, 6.07) is 0. The van der Waals surface area contributed by atoms with Gasteiger partial charge < -0.3 is 33.8 Å². The maximum atomic E-state index is 13.1. The molecule has 0 radical (unpaired) electrons. The van der Waals surface area contributed by atoms with Crippen molar-refractivity contribution in [1.82, 2.24) is 0 Å². The van der Waals surface area contributed by atoms with Gasteiger partial charge in [-0.05, 0) is 43.4 Å². The number of phosphoric ester groups is 2. The number of phosphoric acid groups is 2. The van der Waals surface area contributed by atoms with Gasteiger partial charge in [0.2, 0.25) is 0 Å². The van der Waals surface area contributed by atoms with Crippen LogP contribution in [0.25, 0.3) is 0 Å². The minimum Gasteiger partial charge on any atom is -0.462 e. The van der Waals surface area contributed by atoms with Crippen LogP contribution in [0.2, 0.25) is 0 Å². The van der Waals surface area contributed by atoms with Crippen LogP contribution in [-0.4, -0.2) is 96.7 Å². The lowest BCUT2D eigenvalue weighted by Crippen LogP contribution is -2.30. The Balaban J connectivity index is 5.26. The van der Waals surface area contributed by atoms with Gasteiger partial charge in [0.1, 0.15) is 19.3 Å². The van der Waals surface area contributed by atoms with Crippen molar-refractivity contribution >= 4 is 39.5 Å². The molecule has 17 nitrogen and oxygen atoms in total. The van der Waals surface area contributed by atoms with Crippen molar-refractivity contribution in [2.75, 3.05) is 39.6 Å². The number of aliphatic hydroxyl groups is 1. The van der Waals surface area contributed by atoms with E-state index in [1.54, 1.807) is 0 Å². The minimum absolute atomic E-state index is 0.106. The van der Waals surface area contributed by atoms with Crippen molar-refractivity contribution in [2.45, 2.75) is 458 Å². The second kappa shape index (κ2) is 74.2. The molecule has 612 valence electrons. The Hall–Kier alpha value is -1.94. The average molecular weight is 1510 g/mol. The molecular weight excluding hydrogens is 1340 g/mol. The highest BCUT2D eigenvalue weighted by Crippen LogP contribution is 2.45. The molecule has 0 aromatic rings. The van der Waals surface area contributed by atoms with Crippen LogP contribution in [0.1, 0.15) is 440 Å². The van der Waals surface area contributed by atoms with Gasteiger partial charge >= 0.3 is 39.5 Å². The highest BCUT2D eigenvalue weighted by molar-refractivity contribution is 7.47. The number of aliphatic hydroxyl groups excluding tert-OH is 1. The Kier molecular flexibility index (Phi) is 72.8. The maximum absolute atomic E-state index is 13.1. The van der Waals surface area contributed by atoms with Gasteiger partial charge in [-0.2, -0.15) is 0 Å². The van der Waals surface area contributed by atoms with Crippen LogP contribution in [0, 0.1) is 17.8 Å². The maximum Gasteiger partial charge on any atom is 0.472 e. The molecule has 0 aromatic heterocycles. The van der Waals surface area contributed by atoms with E-state index in [-0.39, 0.29) is 25.7 Å². The Morgan fingerprint density at radius 1 is 0.282 bits per heavy atom. The highest BCUT2D eigenvalue weighted by Gasteiger charge is 2.30. The molecule has 0 amide bonds. The number of unbranched alkanes of at least 4 members (excludes halogenated alkanes) is 49. The fourth-order valence-electron chi connectivity index (χ4n) is 13.0. The molecule has 0 spiro atoms. The fraction of sp³-hybridized carbons (Fsp3) is 0.952. The summed E-state index contributed by atoms with van der Waals surface area (Å²) in [5.41, 5.74) is 0. The van der Waals surface area contributed by atoms with Crippen molar-refractivity contribution in [2.24, 2.45) is 17.8 Å². The molecule has 0 saturated heterocycles. The molecule has 19 heteroatoms. The number of rotatable bonds is 82. The summed E-state index contributed by atoms with van der Waals surface area (Å²) in [6.07, 6.45) is 63.8. The van der Waals surface area contributed by atoms with Gasteiger partial charge in [-0.3, -0.25) is 37.3 Å². The molecule has 6 atom stereocenters. The van der Waals surface area contributed by atoms with Crippen molar-refractivity contribution < 1.29 is 80.2 Å². The first-order valence-corrected chi connectivity index (χ1v) is 46.4. The second-order valence-electron chi connectivity index (χ2n) is 31.4. The monoisotopic (exact) mass is 1510 g/mol. The SMILES string of the molecule is CCCCCCCCCCCCCCCCCCCCC(=O)OC[C@H](COP(=O)(O)OC[C@@H](O)COP(=O)(O)OC[C@@H](COC(=O)CCCCCCCCCCC(C)CC)OC(=O)CCCCCCCCCCCCCC(C)C)OC(=O)CCCCCCCCCCCCCCCCCCC(C)C. The molecule has 0 rings (SSSR count). The van der Waals surface area contributed by atoms with E-state index in [4.69, 9.17) is 37.0 Å². The largest absolute Gasteiger partial charge is 0.472 e. The molecule has 103 heavy (non-hydrogen) atoms. The predicted molar refractivity (Wildman–Crippen MR) is 423 cm³/mol. The van der Waals surface area contributed by atoms with Crippen LogP contribution >= 0.6 is 15.6 Å².